The average Bonchev–Trinajstić information content (AvgIpc) is 2.95. The molecular formula is C18H21F3N2O2S. The summed E-state index contributed by atoms with van der Waals surface area (Å²) in [5.41, 5.74) is 2.21. The lowest BCUT2D eigenvalue weighted by Crippen LogP contribution is -2.22. The number of nitrogens with zero attached hydrogens (tertiary/aromatic N) is 1. The molecule has 1 amide bonds. The van der Waals surface area contributed by atoms with E-state index in [4.69, 9.17) is 0 Å². The normalized spacial score (nSPS) is 11.8. The molecule has 2 aromatic rings. The molecule has 1 aromatic heterocycles. The molecule has 0 spiro atoms. The van der Waals surface area contributed by atoms with E-state index in [0.29, 0.717) is 22.7 Å². The van der Waals surface area contributed by atoms with Crippen molar-refractivity contribution in [1.29, 1.82) is 0 Å². The number of hydrogen-bond acceptors (Lipinski definition) is 4. The molecule has 0 saturated heterocycles. The highest BCUT2D eigenvalue weighted by Crippen LogP contribution is 2.24. The van der Waals surface area contributed by atoms with Crippen LogP contribution in [-0.2, 0) is 17.9 Å². The molecule has 0 saturated carbocycles. The summed E-state index contributed by atoms with van der Waals surface area (Å²) in [6.45, 7) is 4.82. The standard InChI is InChI=1S/C18H21F3N2O2S/c1-11(2)17-23-12(3)15(26-17)16(24)22-8-13-4-6-14(7-5-13)9-25-10-18(19,20)21/h4-7,11H,8-10H2,1-3H3,(H,22,24). The molecule has 4 nitrogen and oxygen atoms in total. The lowest BCUT2D eigenvalue weighted by molar-refractivity contribution is -0.176. The third-order valence-electron chi connectivity index (χ3n) is 3.52. The molecule has 0 aliphatic heterocycles. The fraction of sp³-hybridized carbons (Fsp3) is 0.444. The molecule has 1 aromatic carbocycles. The molecule has 0 radical (unpaired) electrons. The number of rotatable bonds is 7. The van der Waals surface area contributed by atoms with Gasteiger partial charge >= 0.3 is 6.18 Å². The molecule has 8 heteroatoms. The van der Waals surface area contributed by atoms with Gasteiger partial charge in [-0.15, -0.1) is 11.3 Å². The van der Waals surface area contributed by atoms with Crippen LogP contribution in [0.4, 0.5) is 13.2 Å². The van der Waals surface area contributed by atoms with Crippen LogP contribution in [0.3, 0.4) is 0 Å². The minimum Gasteiger partial charge on any atom is -0.367 e. The fourth-order valence-corrected chi connectivity index (χ4v) is 3.16. The number of alkyl halides is 3. The molecule has 2 rings (SSSR count). The van der Waals surface area contributed by atoms with Crippen LogP contribution in [0.5, 0.6) is 0 Å². The minimum absolute atomic E-state index is 0.107. The first-order chi connectivity index (χ1) is 12.2. The van der Waals surface area contributed by atoms with E-state index in [1.807, 2.05) is 20.8 Å². The second-order valence-corrected chi connectivity index (χ2v) is 7.26. The van der Waals surface area contributed by atoms with Crippen LogP contribution in [0, 0.1) is 6.92 Å². The number of benzene rings is 1. The number of amides is 1. The Kier molecular flexibility index (Phi) is 6.77. The molecule has 0 atom stereocenters. The highest BCUT2D eigenvalue weighted by Gasteiger charge is 2.27. The van der Waals surface area contributed by atoms with E-state index in [1.165, 1.54) is 11.3 Å². The van der Waals surface area contributed by atoms with Crippen LogP contribution < -0.4 is 5.32 Å². The number of thiazole rings is 1. The molecule has 0 bridgehead atoms. The van der Waals surface area contributed by atoms with Gasteiger partial charge in [0.1, 0.15) is 11.5 Å². The Hall–Kier alpha value is -1.93. The molecule has 0 aliphatic carbocycles. The Bertz CT molecular complexity index is 740. The summed E-state index contributed by atoms with van der Waals surface area (Å²) in [4.78, 5) is 17.3. The first-order valence-electron chi connectivity index (χ1n) is 8.13. The first-order valence-corrected chi connectivity index (χ1v) is 8.95. The zero-order valence-electron chi connectivity index (χ0n) is 14.8. The van der Waals surface area contributed by atoms with Crippen molar-refractivity contribution in [2.45, 2.75) is 46.0 Å². The molecule has 142 valence electrons. The third-order valence-corrected chi connectivity index (χ3v) is 4.98. The quantitative estimate of drug-likeness (QED) is 0.758. The summed E-state index contributed by atoms with van der Waals surface area (Å²) in [7, 11) is 0. The Labute approximate surface area is 154 Å². The van der Waals surface area contributed by atoms with Gasteiger partial charge in [-0.3, -0.25) is 4.79 Å². The second-order valence-electron chi connectivity index (χ2n) is 6.23. The number of hydrogen-bond donors (Lipinski definition) is 1. The van der Waals surface area contributed by atoms with Crippen molar-refractivity contribution >= 4 is 17.2 Å². The predicted octanol–water partition coefficient (Wildman–Crippen LogP) is 4.58. The Morgan fingerprint density at radius 3 is 2.38 bits per heavy atom. The topological polar surface area (TPSA) is 51.2 Å². The molecule has 1 heterocycles. The van der Waals surface area contributed by atoms with Gasteiger partial charge in [-0.2, -0.15) is 13.2 Å². The smallest absolute Gasteiger partial charge is 0.367 e. The van der Waals surface area contributed by atoms with E-state index in [9.17, 15) is 18.0 Å². The number of carbonyl (C=O) groups excluding carboxylic acids is 1. The van der Waals surface area contributed by atoms with Gasteiger partial charge in [0.05, 0.1) is 17.3 Å². The van der Waals surface area contributed by atoms with Gasteiger partial charge in [0.2, 0.25) is 0 Å². The lowest BCUT2D eigenvalue weighted by Gasteiger charge is -2.08. The summed E-state index contributed by atoms with van der Waals surface area (Å²) in [5.74, 6) is 0.0943. The van der Waals surface area contributed by atoms with E-state index in [0.717, 1.165) is 10.6 Å². The highest BCUT2D eigenvalue weighted by atomic mass is 32.1. The first kappa shape index (κ1) is 20.4. The fourth-order valence-electron chi connectivity index (χ4n) is 2.18. The monoisotopic (exact) mass is 386 g/mol. The summed E-state index contributed by atoms with van der Waals surface area (Å²) >= 11 is 1.39. The van der Waals surface area contributed by atoms with Gasteiger partial charge in [0.15, 0.2) is 0 Å². The third kappa shape index (κ3) is 6.10. The van der Waals surface area contributed by atoms with Crippen LogP contribution in [0.25, 0.3) is 0 Å². The molecular weight excluding hydrogens is 365 g/mol. The van der Waals surface area contributed by atoms with Crippen molar-refractivity contribution in [3.05, 3.63) is 51.0 Å². The van der Waals surface area contributed by atoms with Gasteiger partial charge in [0.25, 0.3) is 5.91 Å². The van der Waals surface area contributed by atoms with Crippen molar-refractivity contribution < 1.29 is 22.7 Å². The zero-order chi connectivity index (χ0) is 19.3. The molecule has 1 N–H and O–H groups in total. The maximum atomic E-state index is 12.3. The van der Waals surface area contributed by atoms with Crippen LogP contribution in [0.15, 0.2) is 24.3 Å². The van der Waals surface area contributed by atoms with E-state index in [1.54, 1.807) is 24.3 Å². The minimum atomic E-state index is -4.32. The van der Waals surface area contributed by atoms with Crippen LogP contribution in [-0.4, -0.2) is 23.7 Å². The van der Waals surface area contributed by atoms with Gasteiger partial charge < -0.3 is 10.1 Å². The van der Waals surface area contributed by atoms with Crippen molar-refractivity contribution in [1.82, 2.24) is 10.3 Å². The molecule has 0 unspecified atom stereocenters. The van der Waals surface area contributed by atoms with Gasteiger partial charge in [-0.05, 0) is 18.1 Å². The maximum Gasteiger partial charge on any atom is 0.411 e. The van der Waals surface area contributed by atoms with Crippen LogP contribution >= 0.6 is 11.3 Å². The van der Waals surface area contributed by atoms with Gasteiger partial charge in [0, 0.05) is 12.5 Å². The largest absolute Gasteiger partial charge is 0.411 e. The van der Waals surface area contributed by atoms with Crippen molar-refractivity contribution in [2.75, 3.05) is 6.61 Å². The van der Waals surface area contributed by atoms with Gasteiger partial charge in [-0.1, -0.05) is 38.1 Å². The SMILES string of the molecule is Cc1nc(C(C)C)sc1C(=O)NCc1ccc(COCC(F)(F)F)cc1. The van der Waals surface area contributed by atoms with Crippen molar-refractivity contribution in [3.8, 4) is 0 Å². The van der Waals surface area contributed by atoms with E-state index >= 15 is 0 Å². The summed E-state index contributed by atoms with van der Waals surface area (Å²) in [6, 6.07) is 6.89. The van der Waals surface area contributed by atoms with Crippen molar-refractivity contribution in [2.24, 2.45) is 0 Å². The highest BCUT2D eigenvalue weighted by molar-refractivity contribution is 7.13. The zero-order valence-corrected chi connectivity index (χ0v) is 15.6. The number of nitrogens with one attached hydrogen (secondary N) is 1. The Morgan fingerprint density at radius 2 is 1.85 bits per heavy atom. The number of carbonyl (C=O) groups is 1. The van der Waals surface area contributed by atoms with Gasteiger partial charge in [-0.25, -0.2) is 4.98 Å². The molecule has 26 heavy (non-hydrogen) atoms. The van der Waals surface area contributed by atoms with E-state index in [-0.39, 0.29) is 18.4 Å². The lowest BCUT2D eigenvalue weighted by atomic mass is 10.1. The average molecular weight is 386 g/mol. The number of ether oxygens (including phenoxy) is 1. The summed E-state index contributed by atoms with van der Waals surface area (Å²) < 4.78 is 40.7. The maximum absolute atomic E-state index is 12.3. The Balaban J connectivity index is 1.86. The number of halogens is 3. The molecule has 0 fully saturated rings. The predicted molar refractivity (Wildman–Crippen MR) is 94.3 cm³/mol. The summed E-state index contributed by atoms with van der Waals surface area (Å²) in [6.07, 6.45) is -4.32. The summed E-state index contributed by atoms with van der Waals surface area (Å²) in [5, 5.41) is 3.77. The number of aromatic nitrogens is 1. The van der Waals surface area contributed by atoms with Crippen LogP contribution in [0.2, 0.25) is 0 Å². The van der Waals surface area contributed by atoms with Crippen molar-refractivity contribution in [3.63, 3.8) is 0 Å². The molecule has 0 aliphatic rings. The van der Waals surface area contributed by atoms with E-state index < -0.39 is 12.8 Å². The van der Waals surface area contributed by atoms with Crippen LogP contribution in [0.1, 0.15) is 51.3 Å². The number of aryl methyl sites for hydroxylation is 1. The second kappa shape index (κ2) is 8.64. The Morgan fingerprint density at radius 1 is 1.23 bits per heavy atom. The van der Waals surface area contributed by atoms with E-state index in [2.05, 4.69) is 15.0 Å².